The number of benzene rings is 2. The number of nitrogens with zero attached hydrogens (tertiary/aromatic N) is 1. The van der Waals surface area contributed by atoms with Crippen LogP contribution in [0.4, 0.5) is 0 Å². The monoisotopic (exact) mass is 377 g/mol. The van der Waals surface area contributed by atoms with E-state index in [0.29, 0.717) is 32.7 Å². The third-order valence-corrected chi connectivity index (χ3v) is 4.25. The fourth-order valence-corrected chi connectivity index (χ4v) is 2.63. The predicted octanol–water partition coefficient (Wildman–Crippen LogP) is 4.36. The topological polar surface area (TPSA) is 57.1 Å². The number of hydrogen-bond acceptors (Lipinski definition) is 5. The number of carbonyl (C=O) groups is 1. The Morgan fingerprint density at radius 1 is 1.08 bits per heavy atom. The molecule has 0 aromatic heterocycles. The zero-order chi connectivity index (χ0) is 18.0. The lowest BCUT2D eigenvalue weighted by molar-refractivity contribution is -0.129. The number of carbonyl (C=O) groups excluding carboxylic acids is 1. The molecule has 128 valence electrons. The molecule has 3 rings (SSSR count). The third kappa shape index (κ3) is 3.48. The summed E-state index contributed by atoms with van der Waals surface area (Å²) in [5.41, 5.74) is 1.35. The number of aliphatic imine (C=N–C) groups is 1. The summed E-state index contributed by atoms with van der Waals surface area (Å²) in [6.07, 6.45) is 1.58. The quantitative estimate of drug-likeness (QED) is 0.586. The van der Waals surface area contributed by atoms with Crippen molar-refractivity contribution in [3.63, 3.8) is 0 Å². The molecule has 2 aromatic carbocycles. The van der Waals surface area contributed by atoms with E-state index in [1.54, 1.807) is 49.6 Å². The Morgan fingerprint density at radius 3 is 2.56 bits per heavy atom. The highest BCUT2D eigenvalue weighted by Gasteiger charge is 2.25. The molecular formula is C18H13Cl2NO4. The molecule has 0 radical (unpaired) electrons. The van der Waals surface area contributed by atoms with E-state index in [1.165, 1.54) is 7.11 Å². The fourth-order valence-electron chi connectivity index (χ4n) is 2.33. The molecule has 0 saturated heterocycles. The first-order valence-corrected chi connectivity index (χ1v) is 7.98. The van der Waals surface area contributed by atoms with Crippen molar-refractivity contribution in [2.24, 2.45) is 4.99 Å². The highest BCUT2D eigenvalue weighted by atomic mass is 35.5. The van der Waals surface area contributed by atoms with Crippen LogP contribution in [0.25, 0.3) is 6.08 Å². The van der Waals surface area contributed by atoms with E-state index >= 15 is 0 Å². The molecule has 5 nitrogen and oxygen atoms in total. The van der Waals surface area contributed by atoms with E-state index in [2.05, 4.69) is 4.99 Å². The van der Waals surface area contributed by atoms with Crippen LogP contribution < -0.4 is 9.47 Å². The molecule has 1 aliphatic rings. The largest absolute Gasteiger partial charge is 0.493 e. The molecule has 0 bridgehead atoms. The lowest BCUT2D eigenvalue weighted by Gasteiger charge is -2.09. The Kier molecular flexibility index (Phi) is 4.97. The number of cyclic esters (lactones) is 1. The summed E-state index contributed by atoms with van der Waals surface area (Å²) in [5.74, 6) is 0.656. The minimum atomic E-state index is -0.564. The van der Waals surface area contributed by atoms with Crippen LogP contribution in [-0.4, -0.2) is 26.1 Å². The zero-order valence-electron chi connectivity index (χ0n) is 13.4. The highest BCUT2D eigenvalue weighted by Crippen LogP contribution is 2.33. The molecule has 0 saturated carbocycles. The predicted molar refractivity (Wildman–Crippen MR) is 96.6 cm³/mol. The molecule has 7 heteroatoms. The first-order valence-electron chi connectivity index (χ1n) is 7.22. The summed E-state index contributed by atoms with van der Waals surface area (Å²) in [6.45, 7) is 0. The number of halogens is 2. The van der Waals surface area contributed by atoms with Gasteiger partial charge in [-0.15, -0.1) is 0 Å². The van der Waals surface area contributed by atoms with Gasteiger partial charge in [0.15, 0.2) is 17.2 Å². The van der Waals surface area contributed by atoms with Crippen molar-refractivity contribution < 1.29 is 19.0 Å². The molecular weight excluding hydrogens is 365 g/mol. The maximum Gasteiger partial charge on any atom is 0.363 e. The number of hydrogen-bond donors (Lipinski definition) is 0. The molecule has 0 amide bonds. The third-order valence-electron chi connectivity index (χ3n) is 3.51. The van der Waals surface area contributed by atoms with Gasteiger partial charge in [-0.1, -0.05) is 35.3 Å². The van der Waals surface area contributed by atoms with Gasteiger partial charge in [0.05, 0.1) is 24.3 Å². The number of esters is 1. The molecule has 0 unspecified atom stereocenters. The van der Waals surface area contributed by atoms with Crippen molar-refractivity contribution in [3.05, 3.63) is 63.3 Å². The summed E-state index contributed by atoms with van der Waals surface area (Å²) in [4.78, 5) is 16.4. The smallest absolute Gasteiger partial charge is 0.363 e. The first kappa shape index (κ1) is 17.3. The van der Waals surface area contributed by atoms with E-state index in [9.17, 15) is 4.79 Å². The minimum absolute atomic E-state index is 0.146. The summed E-state index contributed by atoms with van der Waals surface area (Å²) < 4.78 is 15.8. The minimum Gasteiger partial charge on any atom is -0.493 e. The first-order chi connectivity index (χ1) is 12.0. The van der Waals surface area contributed by atoms with E-state index in [4.69, 9.17) is 37.4 Å². The molecule has 0 N–H and O–H groups in total. The Bertz CT molecular complexity index is 906. The van der Waals surface area contributed by atoms with Gasteiger partial charge in [0, 0.05) is 11.1 Å². The van der Waals surface area contributed by atoms with Gasteiger partial charge in [0.2, 0.25) is 5.90 Å². The maximum absolute atomic E-state index is 12.1. The van der Waals surface area contributed by atoms with Gasteiger partial charge in [-0.2, -0.15) is 0 Å². The van der Waals surface area contributed by atoms with Crippen molar-refractivity contribution in [2.45, 2.75) is 0 Å². The molecule has 0 atom stereocenters. The zero-order valence-corrected chi connectivity index (χ0v) is 14.9. The summed E-state index contributed by atoms with van der Waals surface area (Å²) in [6, 6.07) is 10.2. The van der Waals surface area contributed by atoms with Gasteiger partial charge in [0.1, 0.15) is 0 Å². The number of rotatable bonds is 4. The summed E-state index contributed by atoms with van der Waals surface area (Å²) in [7, 11) is 3.07. The lowest BCUT2D eigenvalue weighted by Crippen LogP contribution is -2.05. The van der Waals surface area contributed by atoms with E-state index in [0.717, 1.165) is 0 Å². The molecule has 0 fully saturated rings. The highest BCUT2D eigenvalue weighted by molar-refractivity contribution is 6.42. The summed E-state index contributed by atoms with van der Waals surface area (Å²) >= 11 is 11.9. The van der Waals surface area contributed by atoms with Crippen LogP contribution in [-0.2, 0) is 9.53 Å². The van der Waals surface area contributed by atoms with Crippen LogP contribution in [0.1, 0.15) is 11.1 Å². The second kappa shape index (κ2) is 7.17. The van der Waals surface area contributed by atoms with Crippen LogP contribution in [0.2, 0.25) is 10.0 Å². The van der Waals surface area contributed by atoms with Crippen molar-refractivity contribution in [2.75, 3.05) is 14.2 Å². The van der Waals surface area contributed by atoms with Gasteiger partial charge >= 0.3 is 5.97 Å². The summed E-state index contributed by atoms with van der Waals surface area (Å²) in [5, 5.41) is 0.761. The van der Waals surface area contributed by atoms with Gasteiger partial charge in [0.25, 0.3) is 0 Å². The Hall–Kier alpha value is -2.50. The molecule has 1 heterocycles. The van der Waals surface area contributed by atoms with Crippen molar-refractivity contribution in [1.29, 1.82) is 0 Å². The second-order valence-corrected chi connectivity index (χ2v) is 5.86. The molecule has 1 aliphatic heterocycles. The number of para-hydroxylation sites is 1. The van der Waals surface area contributed by atoms with Gasteiger partial charge < -0.3 is 14.2 Å². The Morgan fingerprint density at radius 2 is 1.88 bits per heavy atom. The number of methoxy groups -OCH3 is 2. The fraction of sp³-hybridized carbons (Fsp3) is 0.111. The Balaban J connectivity index is 2.00. The van der Waals surface area contributed by atoms with Gasteiger partial charge in [-0.05, 0) is 30.3 Å². The molecule has 25 heavy (non-hydrogen) atoms. The van der Waals surface area contributed by atoms with Crippen molar-refractivity contribution in [3.8, 4) is 11.5 Å². The van der Waals surface area contributed by atoms with E-state index in [1.807, 2.05) is 0 Å². The van der Waals surface area contributed by atoms with E-state index < -0.39 is 5.97 Å². The normalized spacial score (nSPS) is 15.1. The molecule has 2 aromatic rings. The number of ether oxygens (including phenoxy) is 3. The lowest BCUT2D eigenvalue weighted by atomic mass is 10.1. The van der Waals surface area contributed by atoms with Crippen LogP contribution in [0.5, 0.6) is 11.5 Å². The van der Waals surface area contributed by atoms with E-state index in [-0.39, 0.29) is 11.6 Å². The van der Waals surface area contributed by atoms with Crippen molar-refractivity contribution in [1.82, 2.24) is 0 Å². The Labute approximate surface area is 154 Å². The second-order valence-electron chi connectivity index (χ2n) is 5.05. The standard InChI is InChI=1S/C18H13Cl2NO4/c1-23-15-5-3-4-10(16(15)24-2)9-14-18(22)25-17(21-14)11-6-7-12(19)13(20)8-11/h3-9H,1-2H3/b14-9+. The van der Waals surface area contributed by atoms with Gasteiger partial charge in [-0.3, -0.25) is 0 Å². The van der Waals surface area contributed by atoms with Gasteiger partial charge in [-0.25, -0.2) is 9.79 Å². The average molecular weight is 378 g/mol. The molecule has 0 spiro atoms. The SMILES string of the molecule is COc1cccc(/C=C2/N=C(c3ccc(Cl)c(Cl)c3)OC2=O)c1OC. The van der Waals surface area contributed by atoms with Crippen LogP contribution in [0, 0.1) is 0 Å². The molecule has 0 aliphatic carbocycles. The van der Waals surface area contributed by atoms with Crippen LogP contribution in [0.15, 0.2) is 47.1 Å². The van der Waals surface area contributed by atoms with Crippen LogP contribution in [0.3, 0.4) is 0 Å². The van der Waals surface area contributed by atoms with Crippen LogP contribution >= 0.6 is 23.2 Å². The average Bonchev–Trinajstić information content (AvgIpc) is 2.97. The van der Waals surface area contributed by atoms with Crippen molar-refractivity contribution >= 4 is 41.1 Å². The maximum atomic E-state index is 12.1.